The predicted octanol–water partition coefficient (Wildman–Crippen LogP) is 5.49. The molecule has 1 aliphatic carbocycles. The quantitative estimate of drug-likeness (QED) is 0.321. The van der Waals surface area contributed by atoms with E-state index in [-0.39, 0.29) is 5.56 Å². The van der Waals surface area contributed by atoms with E-state index in [1.54, 1.807) is 0 Å². The van der Waals surface area contributed by atoms with E-state index in [2.05, 4.69) is 34.1 Å². The van der Waals surface area contributed by atoms with Crippen molar-refractivity contribution in [2.75, 3.05) is 13.7 Å². The molecule has 1 unspecified atom stereocenters. The maximum absolute atomic E-state index is 12.8. The van der Waals surface area contributed by atoms with Gasteiger partial charge in [-0.2, -0.15) is 0 Å². The van der Waals surface area contributed by atoms with Gasteiger partial charge in [0.25, 0.3) is 5.56 Å². The summed E-state index contributed by atoms with van der Waals surface area (Å²) in [5.74, 6) is 1.38. The number of para-hydroxylation sites is 1. The molecule has 2 aromatic heterocycles. The van der Waals surface area contributed by atoms with Gasteiger partial charge in [-0.25, -0.2) is 0 Å². The topological polar surface area (TPSA) is 56.2 Å². The summed E-state index contributed by atoms with van der Waals surface area (Å²) in [4.78, 5) is 15.9. The minimum atomic E-state index is -0.0657. The van der Waals surface area contributed by atoms with Gasteiger partial charge in [0.1, 0.15) is 5.75 Å². The Labute approximate surface area is 190 Å². The number of fused-ring (bicyclic) bond motifs is 1. The average molecular weight is 435 g/mol. The van der Waals surface area contributed by atoms with Crippen LogP contribution in [0.25, 0.3) is 10.9 Å². The van der Waals surface area contributed by atoms with Crippen LogP contribution in [-0.4, -0.2) is 29.4 Å². The van der Waals surface area contributed by atoms with E-state index in [4.69, 9.17) is 9.47 Å². The molecule has 0 spiro atoms. The Hall–Kier alpha value is -2.79. The van der Waals surface area contributed by atoms with E-state index in [1.807, 2.05) is 43.5 Å². The van der Waals surface area contributed by atoms with Crippen molar-refractivity contribution in [1.82, 2.24) is 9.55 Å². The van der Waals surface area contributed by atoms with Crippen LogP contribution in [0, 0.1) is 5.92 Å². The largest absolute Gasteiger partial charge is 0.492 e. The van der Waals surface area contributed by atoms with Gasteiger partial charge in [-0.1, -0.05) is 30.7 Å². The van der Waals surface area contributed by atoms with E-state index in [0.29, 0.717) is 30.6 Å². The van der Waals surface area contributed by atoms with Crippen LogP contribution >= 0.6 is 0 Å². The summed E-state index contributed by atoms with van der Waals surface area (Å²) in [5, 5.41) is 0.963. The van der Waals surface area contributed by atoms with Crippen LogP contribution < -0.4 is 10.3 Å². The molecule has 32 heavy (non-hydrogen) atoms. The number of nitrogens with zero attached hydrogens (tertiary/aromatic N) is 1. The molecule has 2 heterocycles. The summed E-state index contributed by atoms with van der Waals surface area (Å²) in [6.45, 7) is 1.47. The SMILES string of the molecule is CO[C@@H]1CCCC1CC/C=C/Cc1c(OCCCn2cccc2)c2ccccc2[nH]c1=O. The van der Waals surface area contributed by atoms with Crippen LogP contribution in [0.1, 0.15) is 44.1 Å². The first-order chi connectivity index (χ1) is 15.8. The van der Waals surface area contributed by atoms with Crippen molar-refractivity contribution >= 4 is 10.9 Å². The van der Waals surface area contributed by atoms with Gasteiger partial charge in [0.05, 0.1) is 23.8 Å². The number of H-pyrrole nitrogens is 1. The zero-order valence-electron chi connectivity index (χ0n) is 19.0. The van der Waals surface area contributed by atoms with Crippen LogP contribution in [0.15, 0.2) is 65.7 Å². The molecule has 4 rings (SSSR count). The maximum atomic E-state index is 12.8. The minimum Gasteiger partial charge on any atom is -0.492 e. The molecule has 170 valence electrons. The fraction of sp³-hybridized carbons (Fsp3) is 0.444. The third-order valence-electron chi connectivity index (χ3n) is 6.53. The molecule has 1 fully saturated rings. The summed E-state index contributed by atoms with van der Waals surface area (Å²) in [6.07, 6.45) is 16.2. The van der Waals surface area contributed by atoms with E-state index >= 15 is 0 Å². The summed E-state index contributed by atoms with van der Waals surface area (Å²) >= 11 is 0. The highest BCUT2D eigenvalue weighted by atomic mass is 16.5. The number of pyridine rings is 1. The number of methoxy groups -OCH3 is 1. The second-order valence-electron chi connectivity index (χ2n) is 8.65. The van der Waals surface area contributed by atoms with Crippen LogP contribution in [0.4, 0.5) is 0 Å². The van der Waals surface area contributed by atoms with Gasteiger partial charge in [0.15, 0.2) is 0 Å². The Balaban J connectivity index is 1.41. The molecule has 1 aromatic carbocycles. The minimum absolute atomic E-state index is 0.0657. The Bertz CT molecular complexity index is 1070. The molecule has 5 nitrogen and oxygen atoms in total. The van der Waals surface area contributed by atoms with Gasteiger partial charge in [0.2, 0.25) is 0 Å². The smallest absolute Gasteiger partial charge is 0.255 e. The van der Waals surface area contributed by atoms with Gasteiger partial charge in [-0.15, -0.1) is 0 Å². The molecule has 1 aliphatic rings. The Kier molecular flexibility index (Phi) is 7.83. The zero-order valence-corrected chi connectivity index (χ0v) is 19.0. The number of rotatable bonds is 11. The number of nitrogens with one attached hydrogen (secondary N) is 1. The first-order valence-electron chi connectivity index (χ1n) is 11.8. The van der Waals surface area contributed by atoms with Gasteiger partial charge >= 0.3 is 0 Å². The molecule has 0 bridgehead atoms. The second kappa shape index (κ2) is 11.2. The molecule has 1 saturated carbocycles. The fourth-order valence-electron chi connectivity index (χ4n) is 4.82. The maximum Gasteiger partial charge on any atom is 0.255 e. The molecule has 2 atom stereocenters. The lowest BCUT2D eigenvalue weighted by Crippen LogP contribution is -2.16. The van der Waals surface area contributed by atoms with Crippen LogP contribution in [0.3, 0.4) is 0 Å². The first-order valence-corrected chi connectivity index (χ1v) is 11.8. The zero-order chi connectivity index (χ0) is 22.2. The third-order valence-corrected chi connectivity index (χ3v) is 6.53. The Morgan fingerprint density at radius 2 is 1.97 bits per heavy atom. The summed E-state index contributed by atoms with van der Waals surface area (Å²) in [6, 6.07) is 11.9. The third kappa shape index (κ3) is 5.52. The Morgan fingerprint density at radius 1 is 1.12 bits per heavy atom. The number of aromatic nitrogens is 2. The standard InChI is InChI=1S/C27H34N2O3/c1-31-25-16-9-12-21(25)11-3-2-4-14-23-26(32-20-10-19-29-17-7-8-18-29)22-13-5-6-15-24(22)28-27(23)30/h2,4-8,13,15,17-18,21,25H,3,9-12,14,16,19-20H2,1H3,(H,28,30)/b4-2+/t21?,25-/m1/s1. The lowest BCUT2D eigenvalue weighted by Gasteiger charge is -2.16. The molecule has 0 radical (unpaired) electrons. The monoisotopic (exact) mass is 434 g/mol. The average Bonchev–Trinajstić information content (AvgIpc) is 3.49. The Morgan fingerprint density at radius 3 is 2.81 bits per heavy atom. The van der Waals surface area contributed by atoms with E-state index in [1.165, 1.54) is 19.3 Å². The molecule has 3 aromatic rings. The lowest BCUT2D eigenvalue weighted by molar-refractivity contribution is 0.0685. The number of hydrogen-bond acceptors (Lipinski definition) is 3. The van der Waals surface area contributed by atoms with Crippen molar-refractivity contribution in [2.45, 2.75) is 57.6 Å². The number of aromatic amines is 1. The highest BCUT2D eigenvalue weighted by Crippen LogP contribution is 2.31. The molecular weight excluding hydrogens is 400 g/mol. The highest BCUT2D eigenvalue weighted by Gasteiger charge is 2.25. The highest BCUT2D eigenvalue weighted by molar-refractivity contribution is 5.86. The van der Waals surface area contributed by atoms with Gasteiger partial charge < -0.3 is 19.0 Å². The summed E-state index contributed by atoms with van der Waals surface area (Å²) in [5.41, 5.74) is 1.46. The van der Waals surface area contributed by atoms with E-state index in [0.717, 1.165) is 42.5 Å². The van der Waals surface area contributed by atoms with Crippen molar-refractivity contribution in [3.05, 3.63) is 76.9 Å². The molecular formula is C27H34N2O3. The number of allylic oxidation sites excluding steroid dienone is 2. The normalized spacial score (nSPS) is 18.7. The number of benzene rings is 1. The van der Waals surface area contributed by atoms with Crippen molar-refractivity contribution in [3.63, 3.8) is 0 Å². The van der Waals surface area contributed by atoms with Gasteiger partial charge in [-0.05, 0) is 68.7 Å². The van der Waals surface area contributed by atoms with Crippen molar-refractivity contribution in [1.29, 1.82) is 0 Å². The van der Waals surface area contributed by atoms with Gasteiger partial charge in [-0.3, -0.25) is 4.79 Å². The second-order valence-corrected chi connectivity index (χ2v) is 8.65. The van der Waals surface area contributed by atoms with E-state index in [9.17, 15) is 4.79 Å². The van der Waals surface area contributed by atoms with Crippen LogP contribution in [0.2, 0.25) is 0 Å². The molecule has 0 aliphatic heterocycles. The summed E-state index contributed by atoms with van der Waals surface area (Å²) in [7, 11) is 1.82. The summed E-state index contributed by atoms with van der Waals surface area (Å²) < 4.78 is 14.0. The van der Waals surface area contributed by atoms with Gasteiger partial charge in [0, 0.05) is 31.4 Å². The molecule has 0 saturated heterocycles. The fourth-order valence-corrected chi connectivity index (χ4v) is 4.82. The predicted molar refractivity (Wildman–Crippen MR) is 129 cm³/mol. The molecule has 1 N–H and O–H groups in total. The van der Waals surface area contributed by atoms with E-state index < -0.39 is 0 Å². The lowest BCUT2D eigenvalue weighted by atomic mass is 9.99. The van der Waals surface area contributed by atoms with Crippen LogP contribution in [-0.2, 0) is 17.7 Å². The molecule has 5 heteroatoms. The number of ether oxygens (including phenoxy) is 2. The van der Waals surface area contributed by atoms with Crippen LogP contribution in [0.5, 0.6) is 5.75 Å². The molecule has 0 amide bonds. The number of hydrogen-bond donors (Lipinski definition) is 1. The first kappa shape index (κ1) is 22.4. The van der Waals surface area contributed by atoms with Crippen molar-refractivity contribution < 1.29 is 9.47 Å². The number of aryl methyl sites for hydroxylation is 1. The van der Waals surface area contributed by atoms with Crippen molar-refractivity contribution in [3.8, 4) is 5.75 Å². The van der Waals surface area contributed by atoms with Crippen molar-refractivity contribution in [2.24, 2.45) is 5.92 Å².